The Morgan fingerprint density at radius 1 is 1.22 bits per heavy atom. The normalized spacial score (nSPS) is 27.3. The van der Waals surface area contributed by atoms with Crippen LogP contribution in [0.5, 0.6) is 0 Å². The molecule has 0 saturated carbocycles. The van der Waals surface area contributed by atoms with Crippen LogP contribution in [0.1, 0.15) is 59.3 Å². The summed E-state index contributed by atoms with van der Waals surface area (Å²) in [5.74, 6) is 2.53. The van der Waals surface area contributed by atoms with Gasteiger partial charge in [-0.1, -0.05) is 46.5 Å². The maximum Gasteiger partial charge on any atom is 0.00128 e. The minimum atomic E-state index is 0.780. The second kappa shape index (κ2) is 8.92. The molecule has 0 bridgehead atoms. The zero-order valence-electron chi connectivity index (χ0n) is 12.8. The van der Waals surface area contributed by atoms with Crippen LogP contribution in [-0.4, -0.2) is 31.1 Å². The van der Waals surface area contributed by atoms with Crippen molar-refractivity contribution < 1.29 is 0 Å². The van der Waals surface area contributed by atoms with E-state index >= 15 is 0 Å². The Kier molecular flexibility index (Phi) is 7.92. The third kappa shape index (κ3) is 4.89. The fourth-order valence-electron chi connectivity index (χ4n) is 3.38. The molecule has 1 saturated heterocycles. The summed E-state index contributed by atoms with van der Waals surface area (Å²) in [5, 5.41) is 0. The van der Waals surface area contributed by atoms with E-state index in [9.17, 15) is 0 Å². The van der Waals surface area contributed by atoms with Gasteiger partial charge in [-0.25, -0.2) is 0 Å². The van der Waals surface area contributed by atoms with Gasteiger partial charge < -0.3 is 10.6 Å². The van der Waals surface area contributed by atoms with Crippen LogP contribution in [0.2, 0.25) is 0 Å². The fourth-order valence-corrected chi connectivity index (χ4v) is 3.38. The van der Waals surface area contributed by atoms with E-state index in [1.165, 1.54) is 58.2 Å². The van der Waals surface area contributed by atoms with E-state index in [0.717, 1.165) is 24.3 Å². The van der Waals surface area contributed by atoms with Crippen molar-refractivity contribution in [1.82, 2.24) is 4.90 Å². The number of likely N-dealkylation sites (tertiary alicyclic amines) is 1. The van der Waals surface area contributed by atoms with Crippen LogP contribution in [-0.2, 0) is 0 Å². The Bertz CT molecular complexity index is 205. The molecule has 2 heteroatoms. The number of hydrogen-bond donors (Lipinski definition) is 1. The first-order valence-corrected chi connectivity index (χ1v) is 8.17. The molecule has 2 N–H and O–H groups in total. The van der Waals surface area contributed by atoms with Gasteiger partial charge in [0.05, 0.1) is 0 Å². The van der Waals surface area contributed by atoms with E-state index in [-0.39, 0.29) is 0 Å². The molecule has 108 valence electrons. The molecular weight excluding hydrogens is 220 g/mol. The van der Waals surface area contributed by atoms with E-state index in [1.54, 1.807) is 0 Å². The van der Waals surface area contributed by atoms with Crippen LogP contribution in [0, 0.1) is 17.8 Å². The average molecular weight is 254 g/mol. The lowest BCUT2D eigenvalue weighted by Gasteiger charge is -2.39. The summed E-state index contributed by atoms with van der Waals surface area (Å²) in [7, 11) is 0. The second-order valence-electron chi connectivity index (χ2n) is 6.13. The molecule has 0 aromatic carbocycles. The van der Waals surface area contributed by atoms with Crippen molar-refractivity contribution in [3.8, 4) is 0 Å². The first-order valence-electron chi connectivity index (χ1n) is 8.17. The summed E-state index contributed by atoms with van der Waals surface area (Å²) in [6.07, 6.45) is 8.11. The molecule has 18 heavy (non-hydrogen) atoms. The van der Waals surface area contributed by atoms with Crippen LogP contribution >= 0.6 is 0 Å². The molecule has 3 unspecified atom stereocenters. The molecule has 2 nitrogen and oxygen atoms in total. The van der Waals surface area contributed by atoms with Crippen molar-refractivity contribution in [3.63, 3.8) is 0 Å². The standard InChI is InChI=1S/C16H34N2/c1-4-7-8-14(5-2)12-18-10-9-16(11-17)15(6-3)13-18/h14-16H,4-13,17H2,1-3H3. The molecule has 0 aliphatic carbocycles. The van der Waals surface area contributed by atoms with Crippen molar-refractivity contribution in [2.75, 3.05) is 26.2 Å². The largest absolute Gasteiger partial charge is 0.330 e. The smallest absolute Gasteiger partial charge is 0.00128 e. The molecule has 1 aliphatic heterocycles. The van der Waals surface area contributed by atoms with Gasteiger partial charge in [-0.15, -0.1) is 0 Å². The summed E-state index contributed by atoms with van der Waals surface area (Å²) in [6, 6.07) is 0. The Morgan fingerprint density at radius 3 is 2.56 bits per heavy atom. The van der Waals surface area contributed by atoms with Gasteiger partial charge >= 0.3 is 0 Å². The van der Waals surface area contributed by atoms with E-state index in [2.05, 4.69) is 25.7 Å². The zero-order chi connectivity index (χ0) is 13.4. The van der Waals surface area contributed by atoms with Crippen molar-refractivity contribution >= 4 is 0 Å². The van der Waals surface area contributed by atoms with Gasteiger partial charge in [0.25, 0.3) is 0 Å². The van der Waals surface area contributed by atoms with Crippen molar-refractivity contribution in [3.05, 3.63) is 0 Å². The summed E-state index contributed by atoms with van der Waals surface area (Å²) >= 11 is 0. The lowest BCUT2D eigenvalue weighted by Crippen LogP contribution is -2.44. The highest BCUT2D eigenvalue weighted by Crippen LogP contribution is 2.26. The van der Waals surface area contributed by atoms with E-state index in [4.69, 9.17) is 5.73 Å². The number of nitrogens with zero attached hydrogens (tertiary/aromatic N) is 1. The quantitative estimate of drug-likeness (QED) is 0.718. The Labute approximate surface area is 114 Å². The zero-order valence-corrected chi connectivity index (χ0v) is 12.8. The van der Waals surface area contributed by atoms with Crippen LogP contribution in [0.25, 0.3) is 0 Å². The molecule has 0 spiro atoms. The van der Waals surface area contributed by atoms with Crippen molar-refractivity contribution in [2.24, 2.45) is 23.5 Å². The van der Waals surface area contributed by atoms with Gasteiger partial charge in [-0.3, -0.25) is 0 Å². The molecule has 1 aliphatic rings. The minimum Gasteiger partial charge on any atom is -0.330 e. The van der Waals surface area contributed by atoms with Crippen LogP contribution < -0.4 is 5.73 Å². The average Bonchev–Trinajstić information content (AvgIpc) is 2.43. The number of piperidine rings is 1. The van der Waals surface area contributed by atoms with Gasteiger partial charge in [0, 0.05) is 13.1 Å². The first kappa shape index (κ1) is 16.0. The Balaban J connectivity index is 2.38. The predicted octanol–water partition coefficient (Wildman–Crippen LogP) is 3.51. The van der Waals surface area contributed by atoms with E-state index < -0.39 is 0 Å². The van der Waals surface area contributed by atoms with Crippen LogP contribution in [0.3, 0.4) is 0 Å². The molecule has 0 aromatic heterocycles. The molecule has 0 amide bonds. The molecule has 1 heterocycles. The number of hydrogen-bond acceptors (Lipinski definition) is 2. The third-order valence-corrected chi connectivity index (χ3v) is 4.86. The molecule has 1 rings (SSSR count). The highest BCUT2D eigenvalue weighted by Gasteiger charge is 2.27. The third-order valence-electron chi connectivity index (χ3n) is 4.86. The summed E-state index contributed by atoms with van der Waals surface area (Å²) in [6.45, 7) is 11.8. The monoisotopic (exact) mass is 254 g/mol. The second-order valence-corrected chi connectivity index (χ2v) is 6.13. The number of unbranched alkanes of at least 4 members (excludes halogenated alkanes) is 1. The molecule has 3 atom stereocenters. The van der Waals surface area contributed by atoms with Gasteiger partial charge in [0.15, 0.2) is 0 Å². The molecule has 0 aromatic rings. The summed E-state index contributed by atoms with van der Waals surface area (Å²) < 4.78 is 0. The summed E-state index contributed by atoms with van der Waals surface area (Å²) in [4.78, 5) is 2.71. The van der Waals surface area contributed by atoms with Crippen LogP contribution in [0.15, 0.2) is 0 Å². The first-order chi connectivity index (χ1) is 8.74. The van der Waals surface area contributed by atoms with Gasteiger partial charge in [-0.2, -0.15) is 0 Å². The topological polar surface area (TPSA) is 29.3 Å². The van der Waals surface area contributed by atoms with Crippen LogP contribution in [0.4, 0.5) is 0 Å². The van der Waals surface area contributed by atoms with Crippen molar-refractivity contribution in [1.29, 1.82) is 0 Å². The minimum absolute atomic E-state index is 0.780. The fraction of sp³-hybridized carbons (Fsp3) is 1.00. The maximum atomic E-state index is 5.89. The number of rotatable bonds is 8. The van der Waals surface area contributed by atoms with Gasteiger partial charge in [0.1, 0.15) is 0 Å². The van der Waals surface area contributed by atoms with E-state index in [1.807, 2.05) is 0 Å². The van der Waals surface area contributed by atoms with E-state index in [0.29, 0.717) is 0 Å². The maximum absolute atomic E-state index is 5.89. The molecular formula is C16H34N2. The highest BCUT2D eigenvalue weighted by atomic mass is 15.1. The van der Waals surface area contributed by atoms with Crippen molar-refractivity contribution in [2.45, 2.75) is 59.3 Å². The van der Waals surface area contributed by atoms with Gasteiger partial charge in [0.2, 0.25) is 0 Å². The lowest BCUT2D eigenvalue weighted by atomic mass is 9.83. The molecule has 1 fully saturated rings. The molecule has 0 radical (unpaired) electrons. The Morgan fingerprint density at radius 2 is 2.00 bits per heavy atom. The predicted molar refractivity (Wildman–Crippen MR) is 80.7 cm³/mol. The highest BCUT2D eigenvalue weighted by molar-refractivity contribution is 4.81. The SMILES string of the molecule is CCCCC(CC)CN1CCC(CN)C(CC)C1. The number of nitrogens with two attached hydrogens (primary N) is 1. The Hall–Kier alpha value is -0.0800. The summed E-state index contributed by atoms with van der Waals surface area (Å²) in [5.41, 5.74) is 5.89. The van der Waals surface area contributed by atoms with Gasteiger partial charge in [-0.05, 0) is 43.7 Å². The lowest BCUT2D eigenvalue weighted by molar-refractivity contribution is 0.101.